The Morgan fingerprint density at radius 1 is 1.02 bits per heavy atom. The summed E-state index contributed by atoms with van der Waals surface area (Å²) < 4.78 is 35.8. The SMILES string of the molecule is Cc1ccc(C(c2ccc3c(nnn3C)c2C)C(C)(C)C(=O)O)cc1Cn1ccnc1CC1CCCCC1.O=C(O)C(F)(F)F. The number of carboxylic acid groups (broad SMARTS) is 2. The van der Waals surface area contributed by atoms with Crippen LogP contribution in [0.5, 0.6) is 0 Å². The molecule has 1 unspecified atom stereocenters. The van der Waals surface area contributed by atoms with E-state index in [1.807, 2.05) is 46.1 Å². The van der Waals surface area contributed by atoms with Crippen molar-refractivity contribution in [1.29, 1.82) is 0 Å². The minimum absolute atomic E-state index is 0.352. The molecule has 45 heavy (non-hydrogen) atoms. The minimum Gasteiger partial charge on any atom is -0.481 e. The van der Waals surface area contributed by atoms with Gasteiger partial charge in [0, 0.05) is 38.3 Å². The molecule has 0 amide bonds. The number of aromatic nitrogens is 5. The molecule has 4 aromatic rings. The summed E-state index contributed by atoms with van der Waals surface area (Å²) in [6, 6.07) is 10.5. The summed E-state index contributed by atoms with van der Waals surface area (Å²) in [7, 11) is 1.87. The molecule has 0 bridgehead atoms. The summed E-state index contributed by atoms with van der Waals surface area (Å²) in [5.74, 6) is -2.07. The summed E-state index contributed by atoms with van der Waals surface area (Å²) >= 11 is 0. The Kier molecular flexibility index (Phi) is 10.0. The molecule has 2 aromatic carbocycles. The number of alkyl halides is 3. The number of halogens is 3. The van der Waals surface area contributed by atoms with Crippen LogP contribution >= 0.6 is 0 Å². The fourth-order valence-electron chi connectivity index (χ4n) is 6.22. The summed E-state index contributed by atoms with van der Waals surface area (Å²) in [5, 5.41) is 26.0. The molecule has 2 N–H and O–H groups in total. The van der Waals surface area contributed by atoms with Crippen LogP contribution in [0.4, 0.5) is 13.2 Å². The fourth-order valence-corrected chi connectivity index (χ4v) is 6.22. The lowest BCUT2D eigenvalue weighted by Crippen LogP contribution is -2.32. The van der Waals surface area contributed by atoms with Crippen LogP contribution in [0.15, 0.2) is 42.7 Å². The van der Waals surface area contributed by atoms with E-state index in [0.717, 1.165) is 52.4 Å². The average molecular weight is 628 g/mol. The van der Waals surface area contributed by atoms with E-state index < -0.39 is 23.5 Å². The van der Waals surface area contributed by atoms with Gasteiger partial charge in [0.25, 0.3) is 0 Å². The largest absolute Gasteiger partial charge is 0.490 e. The van der Waals surface area contributed by atoms with Crippen molar-refractivity contribution in [2.45, 2.75) is 84.9 Å². The fraction of sp³-hybridized carbons (Fsp3) is 0.485. The van der Waals surface area contributed by atoms with Crippen molar-refractivity contribution >= 4 is 23.0 Å². The molecule has 2 heterocycles. The first-order chi connectivity index (χ1) is 21.1. The standard InChI is InChI=1S/C31H39N5O2.C2HF3O2/c1-20-11-12-23(18-24(20)19-36-16-15-32-27(36)17-22-9-7-6-8-10-22)28(31(3,4)30(37)38)25-13-14-26-29(21(25)2)33-34-35(26)5;3-2(4,5)1(6)7/h11-16,18,22,28H,6-10,17,19H2,1-5H3,(H,37,38);(H,6,7). The second-order valence-electron chi connectivity index (χ2n) is 12.5. The van der Waals surface area contributed by atoms with Gasteiger partial charge in [-0.15, -0.1) is 5.10 Å². The zero-order chi connectivity index (χ0) is 33.1. The van der Waals surface area contributed by atoms with Crippen LogP contribution in [0.25, 0.3) is 11.0 Å². The van der Waals surface area contributed by atoms with E-state index >= 15 is 0 Å². The Balaban J connectivity index is 0.000000591. The van der Waals surface area contributed by atoms with Crippen LogP contribution in [0.1, 0.15) is 85.5 Å². The first kappa shape index (κ1) is 33.7. The molecular formula is C33H40F3N5O4. The molecule has 0 aliphatic heterocycles. The predicted molar refractivity (Wildman–Crippen MR) is 163 cm³/mol. The molecule has 1 fully saturated rings. The Morgan fingerprint density at radius 3 is 2.31 bits per heavy atom. The molecule has 1 aliphatic carbocycles. The number of nitrogens with zero attached hydrogens (tertiary/aromatic N) is 5. The van der Waals surface area contributed by atoms with Gasteiger partial charge in [-0.1, -0.05) is 61.6 Å². The van der Waals surface area contributed by atoms with Gasteiger partial charge in [-0.05, 0) is 67.5 Å². The second kappa shape index (κ2) is 13.4. The molecule has 2 aromatic heterocycles. The van der Waals surface area contributed by atoms with Crippen LogP contribution in [-0.4, -0.2) is 52.9 Å². The highest BCUT2D eigenvalue weighted by molar-refractivity contribution is 5.81. The van der Waals surface area contributed by atoms with Crippen LogP contribution in [0.3, 0.4) is 0 Å². The number of fused-ring (bicyclic) bond motifs is 1. The highest BCUT2D eigenvalue weighted by Crippen LogP contribution is 2.44. The molecule has 1 atom stereocenters. The van der Waals surface area contributed by atoms with Gasteiger partial charge < -0.3 is 14.8 Å². The Hall–Kier alpha value is -4.22. The van der Waals surface area contributed by atoms with Crippen molar-refractivity contribution in [3.05, 3.63) is 76.4 Å². The molecule has 242 valence electrons. The highest BCUT2D eigenvalue weighted by atomic mass is 19.4. The molecule has 9 nitrogen and oxygen atoms in total. The van der Waals surface area contributed by atoms with E-state index in [-0.39, 0.29) is 5.92 Å². The van der Waals surface area contributed by atoms with Gasteiger partial charge in [-0.2, -0.15) is 13.2 Å². The molecule has 0 spiro atoms. The smallest absolute Gasteiger partial charge is 0.481 e. The lowest BCUT2D eigenvalue weighted by atomic mass is 9.69. The monoisotopic (exact) mass is 627 g/mol. The van der Waals surface area contributed by atoms with E-state index in [4.69, 9.17) is 14.9 Å². The van der Waals surface area contributed by atoms with Crippen molar-refractivity contribution in [2.75, 3.05) is 0 Å². The Morgan fingerprint density at radius 2 is 1.69 bits per heavy atom. The summed E-state index contributed by atoms with van der Waals surface area (Å²) in [4.78, 5) is 26.2. The zero-order valence-electron chi connectivity index (χ0n) is 26.2. The predicted octanol–water partition coefficient (Wildman–Crippen LogP) is 6.83. The molecule has 1 saturated carbocycles. The number of aryl methyl sites for hydroxylation is 3. The van der Waals surface area contributed by atoms with Gasteiger partial charge in [0.2, 0.25) is 0 Å². The molecule has 0 saturated heterocycles. The molecule has 0 radical (unpaired) electrons. The maximum Gasteiger partial charge on any atom is 0.490 e. The zero-order valence-corrected chi connectivity index (χ0v) is 26.2. The maximum atomic E-state index is 12.6. The number of imidazole rings is 1. The van der Waals surface area contributed by atoms with Gasteiger partial charge in [0.15, 0.2) is 0 Å². The maximum absolute atomic E-state index is 12.6. The van der Waals surface area contributed by atoms with E-state index in [1.165, 1.54) is 43.2 Å². The number of hydrogen-bond acceptors (Lipinski definition) is 5. The second-order valence-corrected chi connectivity index (χ2v) is 12.5. The van der Waals surface area contributed by atoms with Gasteiger partial charge in [0.1, 0.15) is 11.3 Å². The normalized spacial score (nSPS) is 15.0. The van der Waals surface area contributed by atoms with Gasteiger partial charge in [0.05, 0.1) is 10.9 Å². The van der Waals surface area contributed by atoms with Crippen LogP contribution in [-0.2, 0) is 29.6 Å². The van der Waals surface area contributed by atoms with Crippen molar-refractivity contribution in [1.82, 2.24) is 24.5 Å². The first-order valence-electron chi connectivity index (χ1n) is 15.0. The lowest BCUT2D eigenvalue weighted by Gasteiger charge is -2.33. The number of benzene rings is 2. The van der Waals surface area contributed by atoms with Crippen LogP contribution in [0.2, 0.25) is 0 Å². The highest BCUT2D eigenvalue weighted by Gasteiger charge is 2.40. The first-order valence-corrected chi connectivity index (χ1v) is 15.0. The minimum atomic E-state index is -5.08. The van der Waals surface area contributed by atoms with Gasteiger partial charge in [-0.25, -0.2) is 14.5 Å². The molecule has 1 aliphatic rings. The third-order valence-electron chi connectivity index (χ3n) is 8.95. The Labute approximate surface area is 260 Å². The Bertz CT molecular complexity index is 1670. The summed E-state index contributed by atoms with van der Waals surface area (Å²) in [6.07, 6.45) is 6.53. The van der Waals surface area contributed by atoms with E-state index in [1.54, 1.807) is 4.68 Å². The van der Waals surface area contributed by atoms with E-state index in [0.29, 0.717) is 0 Å². The third kappa shape index (κ3) is 7.54. The molecule has 5 rings (SSSR count). The van der Waals surface area contributed by atoms with E-state index in [9.17, 15) is 23.1 Å². The van der Waals surface area contributed by atoms with E-state index in [2.05, 4.69) is 46.2 Å². The summed E-state index contributed by atoms with van der Waals surface area (Å²) in [5.41, 5.74) is 6.05. The van der Waals surface area contributed by atoms with Crippen molar-refractivity contribution in [2.24, 2.45) is 18.4 Å². The van der Waals surface area contributed by atoms with Gasteiger partial charge >= 0.3 is 18.1 Å². The number of carbonyl (C=O) groups is 2. The van der Waals surface area contributed by atoms with Crippen molar-refractivity contribution < 1.29 is 33.0 Å². The number of aliphatic carboxylic acids is 2. The van der Waals surface area contributed by atoms with Gasteiger partial charge in [-0.3, -0.25) is 4.79 Å². The quantitative estimate of drug-likeness (QED) is 0.220. The third-order valence-corrected chi connectivity index (χ3v) is 8.95. The molecule has 12 heteroatoms. The van der Waals surface area contributed by atoms with Crippen LogP contribution < -0.4 is 0 Å². The number of rotatable bonds is 8. The van der Waals surface area contributed by atoms with Crippen molar-refractivity contribution in [3.63, 3.8) is 0 Å². The van der Waals surface area contributed by atoms with Crippen LogP contribution in [0, 0.1) is 25.2 Å². The van der Waals surface area contributed by atoms with Crippen molar-refractivity contribution in [3.8, 4) is 0 Å². The average Bonchev–Trinajstić information content (AvgIpc) is 3.58. The number of hydrogen-bond donors (Lipinski definition) is 2. The number of carboxylic acids is 2. The lowest BCUT2D eigenvalue weighted by molar-refractivity contribution is -0.192. The topological polar surface area (TPSA) is 123 Å². The molecular weight excluding hydrogens is 587 g/mol. The summed E-state index contributed by atoms with van der Waals surface area (Å²) in [6.45, 7) is 8.51.